The van der Waals surface area contributed by atoms with Crippen LogP contribution in [0.1, 0.15) is 32.6 Å². The number of hydrogen-bond acceptors (Lipinski definition) is 2. The van der Waals surface area contributed by atoms with Crippen LogP contribution in [0.5, 0.6) is 0 Å². The summed E-state index contributed by atoms with van der Waals surface area (Å²) in [6, 6.07) is 0. The molecular weight excluding hydrogens is 178 g/mol. The summed E-state index contributed by atoms with van der Waals surface area (Å²) < 4.78 is 0. The first-order valence-corrected chi connectivity index (χ1v) is 5.62. The number of hydrogen-bond donors (Lipinski definition) is 2. The van der Waals surface area contributed by atoms with E-state index in [1.807, 2.05) is 0 Å². The van der Waals surface area contributed by atoms with Gasteiger partial charge in [0.05, 0.1) is 6.10 Å². The molecule has 1 amide bonds. The molecule has 2 aliphatic carbocycles. The zero-order valence-electron chi connectivity index (χ0n) is 8.70. The summed E-state index contributed by atoms with van der Waals surface area (Å²) in [7, 11) is 0. The quantitative estimate of drug-likeness (QED) is 0.707. The summed E-state index contributed by atoms with van der Waals surface area (Å²) in [5.74, 6) is 1.85. The maximum atomic E-state index is 11.7. The predicted molar refractivity (Wildman–Crippen MR) is 53.6 cm³/mol. The van der Waals surface area contributed by atoms with Crippen LogP contribution in [-0.4, -0.2) is 23.7 Å². The smallest absolute Gasteiger partial charge is 0.223 e. The number of amides is 1. The molecule has 2 saturated carbocycles. The molecule has 3 heteroatoms. The molecule has 0 aromatic heterocycles. The maximum Gasteiger partial charge on any atom is 0.223 e. The van der Waals surface area contributed by atoms with Gasteiger partial charge in [-0.2, -0.15) is 0 Å². The molecule has 0 aromatic carbocycles. The molecule has 0 heterocycles. The lowest BCUT2D eigenvalue weighted by Gasteiger charge is -2.21. The van der Waals surface area contributed by atoms with Crippen molar-refractivity contribution in [1.29, 1.82) is 0 Å². The first-order chi connectivity index (χ1) is 6.66. The summed E-state index contributed by atoms with van der Waals surface area (Å²) >= 11 is 0. The van der Waals surface area contributed by atoms with Crippen LogP contribution in [0.15, 0.2) is 0 Å². The highest BCUT2D eigenvalue weighted by Gasteiger charge is 2.42. The fraction of sp³-hybridized carbons (Fsp3) is 0.909. The van der Waals surface area contributed by atoms with Crippen LogP contribution in [0.4, 0.5) is 0 Å². The predicted octanol–water partition coefficient (Wildman–Crippen LogP) is 0.920. The van der Waals surface area contributed by atoms with Gasteiger partial charge in [-0.25, -0.2) is 0 Å². The van der Waals surface area contributed by atoms with Crippen molar-refractivity contribution in [3.8, 4) is 0 Å². The van der Waals surface area contributed by atoms with Gasteiger partial charge >= 0.3 is 0 Å². The van der Waals surface area contributed by atoms with E-state index in [-0.39, 0.29) is 11.8 Å². The first-order valence-electron chi connectivity index (χ1n) is 5.62. The molecule has 2 bridgehead atoms. The summed E-state index contributed by atoms with van der Waals surface area (Å²) in [4.78, 5) is 11.7. The number of carbonyl (C=O) groups excluding carboxylic acids is 1. The lowest BCUT2D eigenvalue weighted by atomic mass is 9.88. The Morgan fingerprint density at radius 2 is 2.29 bits per heavy atom. The molecule has 0 spiro atoms. The van der Waals surface area contributed by atoms with Crippen molar-refractivity contribution in [1.82, 2.24) is 5.32 Å². The second kappa shape index (κ2) is 3.89. The largest absolute Gasteiger partial charge is 0.392 e. The topological polar surface area (TPSA) is 49.3 Å². The van der Waals surface area contributed by atoms with E-state index in [2.05, 4.69) is 5.32 Å². The Morgan fingerprint density at radius 3 is 2.79 bits per heavy atom. The molecule has 80 valence electrons. The van der Waals surface area contributed by atoms with Crippen LogP contribution in [0, 0.1) is 17.8 Å². The van der Waals surface area contributed by atoms with Gasteiger partial charge in [-0.3, -0.25) is 4.79 Å². The van der Waals surface area contributed by atoms with E-state index >= 15 is 0 Å². The van der Waals surface area contributed by atoms with Crippen LogP contribution in [0.3, 0.4) is 0 Å². The van der Waals surface area contributed by atoms with E-state index in [9.17, 15) is 4.79 Å². The lowest BCUT2D eigenvalue weighted by Crippen LogP contribution is -2.37. The molecule has 2 rings (SSSR count). The molecule has 2 aliphatic rings. The van der Waals surface area contributed by atoms with Crippen molar-refractivity contribution < 1.29 is 9.90 Å². The summed E-state index contributed by atoms with van der Waals surface area (Å²) in [6.07, 6.45) is 4.46. The van der Waals surface area contributed by atoms with Crippen LogP contribution in [0.2, 0.25) is 0 Å². The zero-order valence-corrected chi connectivity index (χ0v) is 8.70. The van der Waals surface area contributed by atoms with Gasteiger partial charge in [-0.1, -0.05) is 6.42 Å². The highest BCUT2D eigenvalue weighted by Crippen LogP contribution is 2.48. The third-order valence-electron chi connectivity index (χ3n) is 3.65. The van der Waals surface area contributed by atoms with Crippen molar-refractivity contribution in [3.05, 3.63) is 0 Å². The SMILES string of the molecule is CC(O)CNC(=O)C1CC2CCC1C2. The van der Waals surface area contributed by atoms with Crippen LogP contribution >= 0.6 is 0 Å². The fourth-order valence-corrected chi connectivity index (χ4v) is 2.95. The van der Waals surface area contributed by atoms with Crippen molar-refractivity contribution in [3.63, 3.8) is 0 Å². The van der Waals surface area contributed by atoms with Crippen LogP contribution in [0.25, 0.3) is 0 Å². The van der Waals surface area contributed by atoms with Gasteiger partial charge in [0, 0.05) is 12.5 Å². The first kappa shape index (κ1) is 9.97. The molecule has 0 aliphatic heterocycles. The molecule has 14 heavy (non-hydrogen) atoms. The van der Waals surface area contributed by atoms with Gasteiger partial charge < -0.3 is 10.4 Å². The summed E-state index contributed by atoms with van der Waals surface area (Å²) in [5, 5.41) is 11.9. The Morgan fingerprint density at radius 1 is 1.50 bits per heavy atom. The van der Waals surface area contributed by atoms with Crippen LogP contribution < -0.4 is 5.32 Å². The monoisotopic (exact) mass is 197 g/mol. The fourth-order valence-electron chi connectivity index (χ4n) is 2.95. The van der Waals surface area contributed by atoms with Crippen molar-refractivity contribution in [2.45, 2.75) is 38.7 Å². The standard InChI is InChI=1S/C11H19NO2/c1-7(13)6-12-11(14)10-5-8-2-3-9(10)4-8/h7-10,13H,2-6H2,1H3,(H,12,14). The van der Waals surface area contributed by atoms with Gasteiger partial charge in [-0.15, -0.1) is 0 Å². The molecule has 2 fully saturated rings. The van der Waals surface area contributed by atoms with Crippen LogP contribution in [-0.2, 0) is 4.79 Å². The Kier molecular flexibility index (Phi) is 2.77. The molecule has 0 saturated heterocycles. The normalized spacial score (nSPS) is 37.1. The van der Waals surface area contributed by atoms with E-state index in [1.165, 1.54) is 19.3 Å². The Bertz CT molecular complexity index is 227. The maximum absolute atomic E-state index is 11.7. The van der Waals surface area contributed by atoms with Crippen molar-refractivity contribution in [2.24, 2.45) is 17.8 Å². The number of rotatable bonds is 3. The minimum atomic E-state index is -0.433. The van der Waals surface area contributed by atoms with E-state index in [1.54, 1.807) is 6.92 Å². The molecule has 4 atom stereocenters. The Balaban J connectivity index is 1.81. The van der Waals surface area contributed by atoms with Gasteiger partial charge in [0.2, 0.25) is 5.91 Å². The average Bonchev–Trinajstić information content (AvgIpc) is 2.74. The zero-order chi connectivity index (χ0) is 10.1. The van der Waals surface area contributed by atoms with E-state index in [0.717, 1.165) is 12.3 Å². The molecule has 4 unspecified atom stereocenters. The minimum absolute atomic E-state index is 0.165. The highest BCUT2D eigenvalue weighted by atomic mass is 16.3. The van der Waals surface area contributed by atoms with Gasteiger partial charge in [0.1, 0.15) is 0 Å². The third kappa shape index (κ3) is 1.92. The van der Waals surface area contributed by atoms with Gasteiger partial charge in [0.25, 0.3) is 0 Å². The van der Waals surface area contributed by atoms with E-state index in [0.29, 0.717) is 12.5 Å². The third-order valence-corrected chi connectivity index (χ3v) is 3.65. The Labute approximate surface area is 84.9 Å². The minimum Gasteiger partial charge on any atom is -0.392 e. The number of carbonyl (C=O) groups is 1. The van der Waals surface area contributed by atoms with E-state index < -0.39 is 6.10 Å². The molecule has 0 radical (unpaired) electrons. The second-order valence-electron chi connectivity index (χ2n) is 4.88. The van der Waals surface area contributed by atoms with E-state index in [4.69, 9.17) is 5.11 Å². The molecular formula is C11H19NO2. The highest BCUT2D eigenvalue weighted by molar-refractivity contribution is 5.79. The van der Waals surface area contributed by atoms with Crippen molar-refractivity contribution >= 4 is 5.91 Å². The van der Waals surface area contributed by atoms with Gasteiger partial charge in [-0.05, 0) is 38.0 Å². The number of aliphatic hydroxyl groups is 1. The molecule has 3 nitrogen and oxygen atoms in total. The molecule has 2 N–H and O–H groups in total. The van der Waals surface area contributed by atoms with Gasteiger partial charge in [0.15, 0.2) is 0 Å². The lowest BCUT2D eigenvalue weighted by molar-refractivity contribution is -0.126. The molecule has 0 aromatic rings. The summed E-state index contributed by atoms with van der Waals surface area (Å²) in [6.45, 7) is 2.09. The summed E-state index contributed by atoms with van der Waals surface area (Å²) in [5.41, 5.74) is 0. The number of nitrogens with one attached hydrogen (secondary N) is 1. The number of fused-ring (bicyclic) bond motifs is 2. The van der Waals surface area contributed by atoms with Crippen molar-refractivity contribution in [2.75, 3.05) is 6.54 Å². The Hall–Kier alpha value is -0.570. The average molecular weight is 197 g/mol. The second-order valence-corrected chi connectivity index (χ2v) is 4.88. The number of aliphatic hydroxyl groups excluding tert-OH is 1.